The quantitative estimate of drug-likeness (QED) is 0.577. The summed E-state index contributed by atoms with van der Waals surface area (Å²) < 4.78 is 10.7. The Morgan fingerprint density at radius 3 is 2.73 bits per heavy atom. The molecule has 2 fully saturated rings. The second-order valence-electron chi connectivity index (χ2n) is 3.35. The zero-order valence-corrected chi connectivity index (χ0v) is 6.79. The van der Waals surface area contributed by atoms with Gasteiger partial charge in [0.05, 0.1) is 19.3 Å². The first-order chi connectivity index (χ1) is 5.45. The molecule has 0 N–H and O–H groups in total. The molecular weight excluding hydrogens is 140 g/mol. The van der Waals surface area contributed by atoms with Crippen LogP contribution in [0.3, 0.4) is 0 Å². The van der Waals surface area contributed by atoms with Gasteiger partial charge in [-0.2, -0.15) is 0 Å². The van der Waals surface area contributed by atoms with Gasteiger partial charge < -0.3 is 9.47 Å². The summed E-state index contributed by atoms with van der Waals surface area (Å²) in [6.07, 6.45) is 8.20. The molecule has 0 spiro atoms. The van der Waals surface area contributed by atoms with Gasteiger partial charge in [-0.1, -0.05) is 0 Å². The van der Waals surface area contributed by atoms with Gasteiger partial charge in [0, 0.05) is 0 Å². The topological polar surface area (TPSA) is 21.8 Å². The van der Waals surface area contributed by atoms with E-state index in [1.165, 1.54) is 25.7 Å². The first kappa shape index (κ1) is 7.56. The van der Waals surface area contributed by atoms with E-state index in [0.29, 0.717) is 12.2 Å². The average molecular weight is 155 g/mol. The Hall–Kier alpha value is -0.0800. The van der Waals surface area contributed by atoms with E-state index in [1.54, 1.807) is 0 Å². The van der Waals surface area contributed by atoms with Gasteiger partial charge in [0.2, 0.25) is 0 Å². The van der Waals surface area contributed by atoms with Gasteiger partial charge in [-0.25, -0.2) is 0 Å². The van der Waals surface area contributed by atoms with Gasteiger partial charge >= 0.3 is 0 Å². The molecule has 1 aliphatic carbocycles. The minimum Gasteiger partial charge on any atom is -0.375 e. The highest BCUT2D eigenvalue weighted by molar-refractivity contribution is 4.78. The highest BCUT2D eigenvalue weighted by Crippen LogP contribution is 2.21. The Balaban J connectivity index is 1.59. The number of hydrogen-bond donors (Lipinski definition) is 0. The fourth-order valence-electron chi connectivity index (χ4n) is 1.47. The van der Waals surface area contributed by atoms with Crippen LogP contribution < -0.4 is 0 Å². The monoisotopic (exact) mass is 155 g/mol. The lowest BCUT2D eigenvalue weighted by molar-refractivity contribution is 0.0258. The number of ether oxygens (including phenoxy) is 2. The maximum atomic E-state index is 5.66. The summed E-state index contributed by atoms with van der Waals surface area (Å²) in [5.41, 5.74) is 0. The summed E-state index contributed by atoms with van der Waals surface area (Å²) in [7, 11) is 0. The van der Waals surface area contributed by atoms with E-state index in [9.17, 15) is 0 Å². The first-order valence-electron chi connectivity index (χ1n) is 4.50. The van der Waals surface area contributed by atoms with Crippen molar-refractivity contribution in [1.29, 1.82) is 0 Å². The Morgan fingerprint density at radius 1 is 1.36 bits per heavy atom. The summed E-state index contributed by atoms with van der Waals surface area (Å²) in [4.78, 5) is 0. The van der Waals surface area contributed by atoms with Crippen LogP contribution in [0, 0.1) is 6.42 Å². The largest absolute Gasteiger partial charge is 0.375 e. The van der Waals surface area contributed by atoms with Crippen LogP contribution in [0.15, 0.2) is 0 Å². The summed E-state index contributed by atoms with van der Waals surface area (Å²) in [6.45, 7) is 1.74. The predicted octanol–water partition coefficient (Wildman–Crippen LogP) is 1.55. The zero-order valence-electron chi connectivity index (χ0n) is 6.79. The molecule has 1 unspecified atom stereocenters. The highest BCUT2D eigenvalue weighted by atomic mass is 16.6. The smallest absolute Gasteiger partial charge is 0.104 e. The molecule has 0 amide bonds. The molecule has 0 aromatic carbocycles. The van der Waals surface area contributed by atoms with E-state index in [1.807, 2.05) is 0 Å². The molecule has 1 radical (unpaired) electrons. The fraction of sp³-hybridized carbons (Fsp3) is 0.889. The lowest BCUT2D eigenvalue weighted by Gasteiger charge is -2.21. The molecule has 0 aromatic heterocycles. The third-order valence-corrected chi connectivity index (χ3v) is 2.31. The van der Waals surface area contributed by atoms with Gasteiger partial charge in [-0.3, -0.25) is 0 Å². The molecule has 0 bridgehead atoms. The van der Waals surface area contributed by atoms with E-state index in [2.05, 4.69) is 6.42 Å². The van der Waals surface area contributed by atoms with E-state index < -0.39 is 0 Å². The van der Waals surface area contributed by atoms with E-state index in [0.717, 1.165) is 13.2 Å². The Morgan fingerprint density at radius 2 is 2.09 bits per heavy atom. The lowest BCUT2D eigenvalue weighted by Crippen LogP contribution is -2.19. The summed E-state index contributed by atoms with van der Waals surface area (Å²) in [5.74, 6) is 0. The molecule has 1 atom stereocenters. The maximum Gasteiger partial charge on any atom is 0.104 e. The minimum atomic E-state index is 0.431. The van der Waals surface area contributed by atoms with Crippen molar-refractivity contribution < 1.29 is 9.47 Å². The van der Waals surface area contributed by atoms with Gasteiger partial charge in [-0.05, 0) is 32.1 Å². The average Bonchev–Trinajstić information content (AvgIpc) is 2.86. The third-order valence-electron chi connectivity index (χ3n) is 2.31. The molecule has 11 heavy (non-hydrogen) atoms. The highest BCUT2D eigenvalue weighted by Gasteiger charge is 2.24. The van der Waals surface area contributed by atoms with Crippen LogP contribution in [0.1, 0.15) is 25.7 Å². The molecule has 1 aliphatic heterocycles. The van der Waals surface area contributed by atoms with Gasteiger partial charge in [0.1, 0.15) is 6.10 Å². The van der Waals surface area contributed by atoms with Crippen LogP contribution in [0.5, 0.6) is 0 Å². The summed E-state index contributed by atoms with van der Waals surface area (Å²) in [5, 5.41) is 0. The molecule has 2 heteroatoms. The van der Waals surface area contributed by atoms with Crippen LogP contribution in [-0.4, -0.2) is 25.4 Å². The Kier molecular flexibility index (Phi) is 2.44. The molecule has 2 rings (SSSR count). The number of rotatable bonds is 3. The Labute approximate surface area is 67.9 Å². The van der Waals surface area contributed by atoms with Crippen LogP contribution >= 0.6 is 0 Å². The molecule has 1 saturated carbocycles. The predicted molar refractivity (Wildman–Crippen MR) is 42.2 cm³/mol. The van der Waals surface area contributed by atoms with Crippen molar-refractivity contribution in [1.82, 2.24) is 0 Å². The maximum absolute atomic E-state index is 5.66. The molecular formula is C9H15O2. The van der Waals surface area contributed by atoms with Crippen molar-refractivity contribution in [2.75, 3.05) is 13.2 Å². The van der Waals surface area contributed by atoms with Crippen molar-refractivity contribution in [2.24, 2.45) is 0 Å². The molecule has 2 aliphatic rings. The van der Waals surface area contributed by atoms with Gasteiger partial charge in [0.15, 0.2) is 0 Å². The van der Waals surface area contributed by atoms with E-state index in [4.69, 9.17) is 9.47 Å². The second-order valence-corrected chi connectivity index (χ2v) is 3.35. The summed E-state index contributed by atoms with van der Waals surface area (Å²) in [6, 6.07) is 0. The first-order valence-corrected chi connectivity index (χ1v) is 4.50. The molecule has 2 nitrogen and oxygen atoms in total. The second kappa shape index (κ2) is 3.55. The van der Waals surface area contributed by atoms with Gasteiger partial charge in [0.25, 0.3) is 0 Å². The van der Waals surface area contributed by atoms with Crippen LogP contribution in [0.2, 0.25) is 0 Å². The van der Waals surface area contributed by atoms with Crippen molar-refractivity contribution in [3.05, 3.63) is 6.42 Å². The third kappa shape index (κ3) is 2.46. The van der Waals surface area contributed by atoms with Crippen molar-refractivity contribution >= 4 is 0 Å². The van der Waals surface area contributed by atoms with Crippen molar-refractivity contribution in [2.45, 2.75) is 37.9 Å². The summed E-state index contributed by atoms with van der Waals surface area (Å²) >= 11 is 0. The number of hydrogen-bond acceptors (Lipinski definition) is 2. The van der Waals surface area contributed by atoms with Gasteiger partial charge in [-0.15, -0.1) is 0 Å². The van der Waals surface area contributed by atoms with E-state index in [-0.39, 0.29) is 0 Å². The number of epoxide rings is 1. The molecule has 63 valence electrons. The Bertz CT molecular complexity index is 115. The fourth-order valence-corrected chi connectivity index (χ4v) is 1.47. The normalized spacial score (nSPS) is 32.2. The molecule has 0 aromatic rings. The lowest BCUT2D eigenvalue weighted by atomic mass is 9.98. The molecule has 1 saturated heterocycles. The zero-order chi connectivity index (χ0) is 7.52. The van der Waals surface area contributed by atoms with Crippen molar-refractivity contribution in [3.8, 4) is 0 Å². The van der Waals surface area contributed by atoms with E-state index >= 15 is 0 Å². The van der Waals surface area contributed by atoms with Crippen LogP contribution in [-0.2, 0) is 9.47 Å². The van der Waals surface area contributed by atoms with Crippen LogP contribution in [0.4, 0.5) is 0 Å². The standard InChI is InChI=1S/C9H15O2/c1-2-4-8(5-3-1)10-6-9-7-11-9/h1,8-9H,2-7H2. The van der Waals surface area contributed by atoms with Crippen molar-refractivity contribution in [3.63, 3.8) is 0 Å². The SMILES string of the molecule is [CH]1CCC(OCC2CO2)CC1. The minimum absolute atomic E-state index is 0.431. The van der Waals surface area contributed by atoms with Crippen LogP contribution in [0.25, 0.3) is 0 Å². The molecule has 1 heterocycles.